The molecule has 0 aliphatic heterocycles. The van der Waals surface area contributed by atoms with Crippen molar-refractivity contribution in [3.05, 3.63) is 40.7 Å². The van der Waals surface area contributed by atoms with Crippen molar-refractivity contribution in [1.82, 2.24) is 10.2 Å². The molecule has 5 nitrogen and oxygen atoms in total. The molecule has 94 valence electrons. The molecule has 0 spiro atoms. The molecule has 0 amide bonds. The predicted octanol–water partition coefficient (Wildman–Crippen LogP) is 1.81. The lowest BCUT2D eigenvalue weighted by molar-refractivity contribution is 0.318. The summed E-state index contributed by atoms with van der Waals surface area (Å²) in [5.41, 5.74) is 6.75. The standard InChI is InChI=1S/C13H15N3O2/c1-2-7-18-12-6-4-3-5-9(12)11-8-10(14)13(17)16-15-11/h3-6,8H,2,7H2,1H3,(H2,14,15)(H,16,17). The Bertz CT molecular complexity index is 593. The van der Waals surface area contributed by atoms with Gasteiger partial charge in [0.15, 0.2) is 0 Å². The zero-order chi connectivity index (χ0) is 13.0. The van der Waals surface area contributed by atoms with E-state index >= 15 is 0 Å². The topological polar surface area (TPSA) is 81.0 Å². The van der Waals surface area contributed by atoms with E-state index in [0.29, 0.717) is 12.3 Å². The molecule has 0 fully saturated rings. The molecule has 0 bridgehead atoms. The van der Waals surface area contributed by atoms with Gasteiger partial charge in [-0.3, -0.25) is 4.79 Å². The third kappa shape index (κ3) is 2.51. The molecule has 1 heterocycles. The van der Waals surface area contributed by atoms with E-state index in [1.807, 2.05) is 31.2 Å². The van der Waals surface area contributed by atoms with Crippen molar-refractivity contribution in [3.8, 4) is 17.0 Å². The molecular formula is C13H15N3O2. The highest BCUT2D eigenvalue weighted by Gasteiger charge is 2.08. The lowest BCUT2D eigenvalue weighted by Crippen LogP contribution is -2.13. The van der Waals surface area contributed by atoms with Crippen LogP contribution in [0.2, 0.25) is 0 Å². The van der Waals surface area contributed by atoms with Crippen molar-refractivity contribution >= 4 is 5.69 Å². The van der Waals surface area contributed by atoms with Crippen molar-refractivity contribution in [2.45, 2.75) is 13.3 Å². The number of rotatable bonds is 4. The molecule has 1 aromatic carbocycles. The number of anilines is 1. The van der Waals surface area contributed by atoms with Crippen LogP contribution in [0.1, 0.15) is 13.3 Å². The fraction of sp³-hybridized carbons (Fsp3) is 0.231. The van der Waals surface area contributed by atoms with Crippen molar-refractivity contribution in [1.29, 1.82) is 0 Å². The van der Waals surface area contributed by atoms with Crippen LogP contribution < -0.4 is 16.0 Å². The van der Waals surface area contributed by atoms with Gasteiger partial charge in [0.05, 0.1) is 12.3 Å². The van der Waals surface area contributed by atoms with Gasteiger partial charge in [0.1, 0.15) is 11.4 Å². The summed E-state index contributed by atoms with van der Waals surface area (Å²) in [6, 6.07) is 9.08. The van der Waals surface area contributed by atoms with Crippen LogP contribution in [0, 0.1) is 0 Å². The van der Waals surface area contributed by atoms with Crippen LogP contribution in [-0.2, 0) is 0 Å². The quantitative estimate of drug-likeness (QED) is 0.860. The number of nitrogens with zero attached hydrogens (tertiary/aromatic N) is 1. The number of hydrogen-bond donors (Lipinski definition) is 2. The molecule has 0 aliphatic rings. The van der Waals surface area contributed by atoms with Crippen LogP contribution >= 0.6 is 0 Å². The van der Waals surface area contributed by atoms with Crippen LogP contribution in [0.25, 0.3) is 11.3 Å². The first-order valence-corrected chi connectivity index (χ1v) is 5.79. The van der Waals surface area contributed by atoms with E-state index in [1.54, 1.807) is 6.07 Å². The summed E-state index contributed by atoms with van der Waals surface area (Å²) in [6.07, 6.45) is 0.926. The first kappa shape index (κ1) is 12.2. The molecule has 5 heteroatoms. The molecule has 0 unspecified atom stereocenters. The molecule has 0 saturated carbocycles. The minimum Gasteiger partial charge on any atom is -0.493 e. The largest absolute Gasteiger partial charge is 0.493 e. The van der Waals surface area contributed by atoms with Crippen LogP contribution in [0.4, 0.5) is 5.69 Å². The minimum atomic E-state index is -0.384. The molecule has 0 radical (unpaired) electrons. The number of nitrogen functional groups attached to an aromatic ring is 1. The Morgan fingerprint density at radius 3 is 2.89 bits per heavy atom. The number of nitrogens with one attached hydrogen (secondary N) is 1. The second-order valence-corrected chi connectivity index (χ2v) is 3.88. The zero-order valence-corrected chi connectivity index (χ0v) is 10.1. The van der Waals surface area contributed by atoms with Gasteiger partial charge < -0.3 is 10.5 Å². The SMILES string of the molecule is CCCOc1ccccc1-c1cc(N)c(=O)[nH]n1. The highest BCUT2D eigenvalue weighted by atomic mass is 16.5. The van der Waals surface area contributed by atoms with Gasteiger partial charge in [-0.2, -0.15) is 5.10 Å². The van der Waals surface area contributed by atoms with Crippen molar-refractivity contribution < 1.29 is 4.74 Å². The monoisotopic (exact) mass is 245 g/mol. The van der Waals surface area contributed by atoms with Crippen LogP contribution in [-0.4, -0.2) is 16.8 Å². The Balaban J connectivity index is 2.43. The third-order valence-electron chi connectivity index (χ3n) is 2.46. The number of benzene rings is 1. The Morgan fingerprint density at radius 1 is 1.39 bits per heavy atom. The van der Waals surface area contributed by atoms with Crippen LogP contribution in [0.5, 0.6) is 5.75 Å². The maximum absolute atomic E-state index is 11.2. The van der Waals surface area contributed by atoms with Gasteiger partial charge in [0.2, 0.25) is 0 Å². The van der Waals surface area contributed by atoms with Gasteiger partial charge in [0.25, 0.3) is 5.56 Å². The van der Waals surface area contributed by atoms with Gasteiger partial charge in [-0.15, -0.1) is 0 Å². The Hall–Kier alpha value is -2.30. The number of nitrogens with two attached hydrogens (primary N) is 1. The number of aromatic nitrogens is 2. The minimum absolute atomic E-state index is 0.144. The molecule has 2 aromatic rings. The Kier molecular flexibility index (Phi) is 3.62. The van der Waals surface area contributed by atoms with Gasteiger partial charge in [-0.25, -0.2) is 5.10 Å². The lowest BCUT2D eigenvalue weighted by atomic mass is 10.1. The van der Waals surface area contributed by atoms with Crippen molar-refractivity contribution in [2.75, 3.05) is 12.3 Å². The van der Waals surface area contributed by atoms with E-state index in [4.69, 9.17) is 10.5 Å². The summed E-state index contributed by atoms with van der Waals surface area (Å²) in [5, 5.41) is 6.34. The zero-order valence-electron chi connectivity index (χ0n) is 10.1. The lowest BCUT2D eigenvalue weighted by Gasteiger charge is -2.10. The maximum atomic E-state index is 11.2. The fourth-order valence-electron chi connectivity index (χ4n) is 1.57. The average molecular weight is 245 g/mol. The number of hydrogen-bond acceptors (Lipinski definition) is 4. The van der Waals surface area contributed by atoms with Gasteiger partial charge in [-0.1, -0.05) is 19.1 Å². The summed E-state index contributed by atoms with van der Waals surface area (Å²) in [5.74, 6) is 0.735. The molecule has 2 rings (SSSR count). The average Bonchev–Trinajstić information content (AvgIpc) is 2.40. The van der Waals surface area contributed by atoms with Crippen LogP contribution in [0.15, 0.2) is 35.1 Å². The van der Waals surface area contributed by atoms with Gasteiger partial charge >= 0.3 is 0 Å². The van der Waals surface area contributed by atoms with E-state index in [9.17, 15) is 4.79 Å². The van der Waals surface area contributed by atoms with E-state index in [0.717, 1.165) is 17.7 Å². The first-order chi connectivity index (χ1) is 8.72. The molecule has 0 aliphatic carbocycles. The number of aromatic amines is 1. The number of ether oxygens (including phenoxy) is 1. The summed E-state index contributed by atoms with van der Waals surface area (Å²) < 4.78 is 5.64. The molecule has 1 aromatic heterocycles. The van der Waals surface area contributed by atoms with E-state index < -0.39 is 0 Å². The predicted molar refractivity (Wildman–Crippen MR) is 70.5 cm³/mol. The van der Waals surface area contributed by atoms with Crippen molar-refractivity contribution in [3.63, 3.8) is 0 Å². The first-order valence-electron chi connectivity index (χ1n) is 5.79. The Morgan fingerprint density at radius 2 is 2.17 bits per heavy atom. The highest BCUT2D eigenvalue weighted by molar-refractivity contribution is 5.68. The number of para-hydroxylation sites is 1. The highest BCUT2D eigenvalue weighted by Crippen LogP contribution is 2.28. The maximum Gasteiger partial charge on any atom is 0.287 e. The third-order valence-corrected chi connectivity index (χ3v) is 2.46. The van der Waals surface area contributed by atoms with E-state index in [1.165, 1.54) is 0 Å². The molecule has 0 atom stereocenters. The molecule has 3 N–H and O–H groups in total. The molecule has 0 saturated heterocycles. The smallest absolute Gasteiger partial charge is 0.287 e. The van der Waals surface area contributed by atoms with Gasteiger partial charge in [0, 0.05) is 5.56 Å². The fourth-order valence-corrected chi connectivity index (χ4v) is 1.57. The summed E-state index contributed by atoms with van der Waals surface area (Å²) in [7, 11) is 0. The normalized spacial score (nSPS) is 10.3. The second-order valence-electron chi connectivity index (χ2n) is 3.88. The van der Waals surface area contributed by atoms with Gasteiger partial charge in [-0.05, 0) is 24.6 Å². The Labute approximate surface area is 105 Å². The summed E-state index contributed by atoms with van der Waals surface area (Å²) >= 11 is 0. The molecular weight excluding hydrogens is 230 g/mol. The summed E-state index contributed by atoms with van der Waals surface area (Å²) in [6.45, 7) is 2.68. The second kappa shape index (κ2) is 5.35. The summed E-state index contributed by atoms with van der Waals surface area (Å²) in [4.78, 5) is 11.2. The van der Waals surface area contributed by atoms with Crippen molar-refractivity contribution in [2.24, 2.45) is 0 Å². The van der Waals surface area contributed by atoms with Crippen LogP contribution in [0.3, 0.4) is 0 Å². The van der Waals surface area contributed by atoms with E-state index in [2.05, 4.69) is 10.2 Å². The molecule has 18 heavy (non-hydrogen) atoms. The van der Waals surface area contributed by atoms with E-state index in [-0.39, 0.29) is 11.2 Å². The number of H-pyrrole nitrogens is 1.